The predicted molar refractivity (Wildman–Crippen MR) is 171 cm³/mol. The second kappa shape index (κ2) is 13.4. The lowest BCUT2D eigenvalue weighted by molar-refractivity contribution is -0.150. The van der Waals surface area contributed by atoms with Gasteiger partial charge in [-0.1, -0.05) is 59.7 Å². The molecule has 0 radical (unpaired) electrons. The van der Waals surface area contributed by atoms with Crippen molar-refractivity contribution in [3.8, 4) is 0 Å². The van der Waals surface area contributed by atoms with Crippen LogP contribution in [0.25, 0.3) is 5.57 Å². The highest BCUT2D eigenvalue weighted by Crippen LogP contribution is 2.33. The number of ether oxygens (including phenoxy) is 1. The Bertz CT molecular complexity index is 1500. The normalized spacial score (nSPS) is 18.9. The van der Waals surface area contributed by atoms with Crippen LogP contribution in [0.3, 0.4) is 0 Å². The minimum absolute atomic E-state index is 0.0134. The Morgan fingerprint density at radius 3 is 2.16 bits per heavy atom. The number of carbonyl (C=O) groups excluding carboxylic acids is 2. The summed E-state index contributed by atoms with van der Waals surface area (Å²) in [6.07, 6.45) is 5.40. The number of rotatable bonds is 7. The van der Waals surface area contributed by atoms with E-state index in [1.807, 2.05) is 11.8 Å². The molecule has 8 heteroatoms. The van der Waals surface area contributed by atoms with E-state index in [4.69, 9.17) is 4.74 Å². The summed E-state index contributed by atoms with van der Waals surface area (Å²) in [5.74, 6) is 0.807. The summed E-state index contributed by atoms with van der Waals surface area (Å²) in [5.41, 5.74) is 7.99. The molecule has 1 N–H and O–H groups in total. The number of nitrogens with zero attached hydrogens (tertiary/aromatic N) is 4. The molecule has 3 aliphatic rings. The van der Waals surface area contributed by atoms with Crippen LogP contribution in [0.2, 0.25) is 0 Å². The summed E-state index contributed by atoms with van der Waals surface area (Å²) in [5, 5.41) is 3.13. The van der Waals surface area contributed by atoms with Crippen molar-refractivity contribution in [1.82, 2.24) is 25.1 Å². The Balaban J connectivity index is 1.11. The van der Waals surface area contributed by atoms with Gasteiger partial charge in [0.25, 0.3) is 5.91 Å². The van der Waals surface area contributed by atoms with Crippen LogP contribution in [0.15, 0.2) is 66.4 Å². The van der Waals surface area contributed by atoms with E-state index >= 15 is 0 Å². The van der Waals surface area contributed by atoms with E-state index in [-0.39, 0.29) is 29.7 Å². The predicted octanol–water partition coefficient (Wildman–Crippen LogP) is 5.16. The SMILES string of the molecule is Cc1ccc(C(=C2CCN(C)CC2)c2ccc([C@@H](C)NC(=O)c3ccnc(C4CCN(C(=O)C5COC5)CC4)n3)cc2)cc1. The van der Waals surface area contributed by atoms with Gasteiger partial charge in [0.05, 0.1) is 25.2 Å². The van der Waals surface area contributed by atoms with Gasteiger partial charge >= 0.3 is 0 Å². The van der Waals surface area contributed by atoms with Crippen LogP contribution in [0, 0.1) is 12.8 Å². The molecule has 0 saturated carbocycles. The van der Waals surface area contributed by atoms with Crippen LogP contribution in [0.4, 0.5) is 0 Å². The molecule has 0 bridgehead atoms. The summed E-state index contributed by atoms with van der Waals surface area (Å²) in [6.45, 7) is 8.72. The molecule has 4 heterocycles. The molecule has 0 spiro atoms. The van der Waals surface area contributed by atoms with E-state index in [1.54, 1.807) is 12.3 Å². The summed E-state index contributed by atoms with van der Waals surface area (Å²) >= 11 is 0. The highest BCUT2D eigenvalue weighted by molar-refractivity contribution is 5.92. The van der Waals surface area contributed by atoms with Crippen LogP contribution in [0.5, 0.6) is 0 Å². The number of carbonyl (C=O) groups is 2. The number of amides is 2. The molecule has 3 aromatic rings. The molecule has 1 atom stereocenters. The van der Waals surface area contributed by atoms with Gasteiger partial charge in [0.1, 0.15) is 11.5 Å². The van der Waals surface area contributed by atoms with Crippen molar-refractivity contribution in [2.24, 2.45) is 5.92 Å². The second-order valence-electron chi connectivity index (χ2n) is 12.6. The number of aryl methyl sites for hydroxylation is 1. The highest BCUT2D eigenvalue weighted by atomic mass is 16.5. The summed E-state index contributed by atoms with van der Waals surface area (Å²) in [6, 6.07) is 19.0. The van der Waals surface area contributed by atoms with Crippen molar-refractivity contribution < 1.29 is 14.3 Å². The second-order valence-corrected chi connectivity index (χ2v) is 12.6. The molecule has 44 heavy (non-hydrogen) atoms. The lowest BCUT2D eigenvalue weighted by Crippen LogP contribution is -2.47. The van der Waals surface area contributed by atoms with Crippen LogP contribution in [-0.2, 0) is 9.53 Å². The van der Waals surface area contributed by atoms with E-state index in [9.17, 15) is 9.59 Å². The van der Waals surface area contributed by atoms with Crippen LogP contribution in [0.1, 0.15) is 83.1 Å². The van der Waals surface area contributed by atoms with Crippen molar-refractivity contribution in [3.63, 3.8) is 0 Å². The van der Waals surface area contributed by atoms with Crippen molar-refractivity contribution in [3.05, 3.63) is 100 Å². The van der Waals surface area contributed by atoms with E-state index < -0.39 is 0 Å². The molecule has 0 unspecified atom stereocenters. The average molecular weight is 594 g/mol. The summed E-state index contributed by atoms with van der Waals surface area (Å²) in [4.78, 5) is 39.3. The number of likely N-dealkylation sites (tertiary alicyclic amines) is 2. The summed E-state index contributed by atoms with van der Waals surface area (Å²) in [7, 11) is 2.19. The third-order valence-corrected chi connectivity index (χ3v) is 9.40. The van der Waals surface area contributed by atoms with Crippen molar-refractivity contribution >= 4 is 17.4 Å². The molecule has 230 valence electrons. The van der Waals surface area contributed by atoms with Crippen LogP contribution >= 0.6 is 0 Å². The number of nitrogens with one attached hydrogen (secondary N) is 1. The lowest BCUT2D eigenvalue weighted by atomic mass is 9.87. The number of piperidine rings is 2. The largest absolute Gasteiger partial charge is 0.380 e. The molecule has 3 aliphatic heterocycles. The maximum absolute atomic E-state index is 13.3. The first-order valence-electron chi connectivity index (χ1n) is 15.9. The van der Waals surface area contributed by atoms with E-state index in [2.05, 4.69) is 82.7 Å². The Morgan fingerprint density at radius 2 is 1.55 bits per heavy atom. The van der Waals surface area contributed by atoms with Gasteiger partial charge in [-0.25, -0.2) is 9.97 Å². The third-order valence-electron chi connectivity index (χ3n) is 9.40. The molecule has 3 fully saturated rings. The zero-order valence-corrected chi connectivity index (χ0v) is 26.1. The Kier molecular flexibility index (Phi) is 9.19. The van der Waals surface area contributed by atoms with Gasteiger partial charge in [0.2, 0.25) is 5.91 Å². The van der Waals surface area contributed by atoms with Crippen LogP contribution < -0.4 is 5.32 Å². The average Bonchev–Trinajstić information content (AvgIpc) is 3.02. The Hall–Kier alpha value is -3.88. The van der Waals surface area contributed by atoms with E-state index in [0.717, 1.165) is 44.3 Å². The Morgan fingerprint density at radius 1 is 0.909 bits per heavy atom. The standard InChI is InChI=1S/C36H43N5O3/c1-24-4-6-27(7-5-24)33(29-13-18-40(3)19-14-29)28-10-8-26(9-11-28)25(2)38-35(42)32-12-17-37-34(39-32)30-15-20-41(21-16-30)36(43)31-22-44-23-31/h4-12,17,25,30-31H,13-16,18-23H2,1-3H3,(H,38,42)/t25-/m1/s1. The lowest BCUT2D eigenvalue weighted by Gasteiger charge is -2.36. The first kappa shape index (κ1) is 30.2. The van der Waals surface area contributed by atoms with E-state index in [0.29, 0.717) is 37.8 Å². The number of hydrogen-bond acceptors (Lipinski definition) is 6. The molecule has 2 aromatic carbocycles. The monoisotopic (exact) mass is 593 g/mol. The first-order valence-corrected chi connectivity index (χ1v) is 15.9. The van der Waals surface area contributed by atoms with Gasteiger partial charge in [-0.2, -0.15) is 0 Å². The fourth-order valence-corrected chi connectivity index (χ4v) is 6.42. The smallest absolute Gasteiger partial charge is 0.270 e. The molecular weight excluding hydrogens is 550 g/mol. The maximum atomic E-state index is 13.3. The number of aromatic nitrogens is 2. The van der Waals surface area contributed by atoms with E-state index in [1.165, 1.54) is 27.8 Å². The van der Waals surface area contributed by atoms with Gasteiger partial charge in [-0.05, 0) is 74.9 Å². The molecule has 0 aliphatic carbocycles. The minimum atomic E-state index is -0.211. The fourth-order valence-electron chi connectivity index (χ4n) is 6.42. The summed E-state index contributed by atoms with van der Waals surface area (Å²) < 4.78 is 5.18. The first-order chi connectivity index (χ1) is 21.4. The molecule has 1 aromatic heterocycles. The van der Waals surface area contributed by atoms with Crippen molar-refractivity contribution in [1.29, 1.82) is 0 Å². The van der Waals surface area contributed by atoms with Crippen molar-refractivity contribution in [2.75, 3.05) is 46.4 Å². The zero-order valence-electron chi connectivity index (χ0n) is 26.1. The van der Waals surface area contributed by atoms with Gasteiger partial charge in [-0.15, -0.1) is 0 Å². The zero-order chi connectivity index (χ0) is 30.6. The quantitative estimate of drug-likeness (QED) is 0.408. The Labute approximate surface area is 260 Å². The third kappa shape index (κ3) is 6.76. The minimum Gasteiger partial charge on any atom is -0.380 e. The molecule has 8 nitrogen and oxygen atoms in total. The molecular formula is C36H43N5O3. The van der Waals surface area contributed by atoms with Gasteiger partial charge in [-0.3, -0.25) is 9.59 Å². The van der Waals surface area contributed by atoms with Gasteiger partial charge < -0.3 is 19.9 Å². The van der Waals surface area contributed by atoms with Gasteiger partial charge in [0, 0.05) is 38.3 Å². The molecule has 2 amide bonds. The molecule has 3 saturated heterocycles. The highest BCUT2D eigenvalue weighted by Gasteiger charge is 2.33. The number of benzene rings is 2. The van der Waals surface area contributed by atoms with Crippen LogP contribution in [-0.4, -0.2) is 78.0 Å². The fraction of sp³-hybridized carbons (Fsp3) is 0.444. The number of hydrogen-bond donors (Lipinski definition) is 1. The molecule has 6 rings (SSSR count). The maximum Gasteiger partial charge on any atom is 0.270 e. The van der Waals surface area contributed by atoms with Crippen molar-refractivity contribution in [2.45, 2.75) is 51.5 Å². The van der Waals surface area contributed by atoms with Gasteiger partial charge in [0.15, 0.2) is 0 Å². The topological polar surface area (TPSA) is 87.7 Å².